The van der Waals surface area contributed by atoms with Crippen LogP contribution in [-0.2, 0) is 16.0 Å². The Morgan fingerprint density at radius 2 is 1.79 bits per heavy atom. The Hall–Kier alpha value is -2.57. The van der Waals surface area contributed by atoms with E-state index in [1.54, 1.807) is 0 Å². The number of aromatic hydroxyl groups is 1. The van der Waals surface area contributed by atoms with Crippen molar-refractivity contribution < 1.29 is 19.8 Å². The van der Waals surface area contributed by atoms with E-state index in [4.69, 9.17) is 11.6 Å². The number of benzene rings is 2. The van der Waals surface area contributed by atoms with Gasteiger partial charge in [-0.3, -0.25) is 9.59 Å². The highest BCUT2D eigenvalue weighted by atomic mass is 35.5. The zero-order valence-electron chi connectivity index (χ0n) is 12.7. The average Bonchev–Trinajstić information content (AvgIpc) is 2.58. The average molecular weight is 349 g/mol. The summed E-state index contributed by atoms with van der Waals surface area (Å²) in [6.45, 7) is -0.309. The number of carbonyl (C=O) groups is 2. The monoisotopic (exact) mass is 348 g/mol. The molecule has 7 heteroatoms. The molecule has 0 unspecified atom stereocenters. The zero-order chi connectivity index (χ0) is 17.5. The van der Waals surface area contributed by atoms with E-state index in [1.807, 2.05) is 30.3 Å². The molecule has 0 bridgehead atoms. The first kappa shape index (κ1) is 17.8. The van der Waals surface area contributed by atoms with Gasteiger partial charge in [-0.2, -0.15) is 0 Å². The molecule has 4 N–H and O–H groups in total. The summed E-state index contributed by atoms with van der Waals surface area (Å²) in [5.41, 5.74) is 0.955. The second-order valence-corrected chi connectivity index (χ2v) is 5.59. The minimum Gasteiger partial charge on any atom is -0.506 e. The van der Waals surface area contributed by atoms with Gasteiger partial charge in [0.2, 0.25) is 0 Å². The molecule has 2 rings (SSSR count). The summed E-state index contributed by atoms with van der Waals surface area (Å²) < 4.78 is 0. The van der Waals surface area contributed by atoms with Crippen LogP contribution in [0, 0.1) is 0 Å². The Morgan fingerprint density at radius 1 is 1.08 bits per heavy atom. The first-order chi connectivity index (χ1) is 11.5. The predicted molar refractivity (Wildman–Crippen MR) is 90.9 cm³/mol. The molecular formula is C17H17ClN2O4. The molecular weight excluding hydrogens is 332 g/mol. The lowest BCUT2D eigenvalue weighted by Crippen LogP contribution is -2.44. The number of rotatable bonds is 5. The largest absolute Gasteiger partial charge is 0.506 e. The van der Waals surface area contributed by atoms with Gasteiger partial charge >= 0.3 is 11.8 Å². The van der Waals surface area contributed by atoms with Gasteiger partial charge in [0, 0.05) is 5.02 Å². The van der Waals surface area contributed by atoms with Crippen LogP contribution in [0.2, 0.25) is 5.02 Å². The van der Waals surface area contributed by atoms with E-state index in [1.165, 1.54) is 18.2 Å². The van der Waals surface area contributed by atoms with E-state index in [9.17, 15) is 19.8 Å². The maximum atomic E-state index is 12.0. The summed E-state index contributed by atoms with van der Waals surface area (Å²) >= 11 is 5.78. The maximum Gasteiger partial charge on any atom is 0.313 e. The van der Waals surface area contributed by atoms with Crippen LogP contribution in [0.25, 0.3) is 0 Å². The molecule has 0 heterocycles. The van der Waals surface area contributed by atoms with Crippen molar-refractivity contribution in [3.63, 3.8) is 0 Å². The Balaban J connectivity index is 1.97. The molecule has 2 aromatic carbocycles. The van der Waals surface area contributed by atoms with Gasteiger partial charge in [0.25, 0.3) is 0 Å². The number of hydrogen-bond acceptors (Lipinski definition) is 4. The number of halogens is 1. The Bertz CT molecular complexity index is 722. The van der Waals surface area contributed by atoms with Crippen molar-refractivity contribution in [3.8, 4) is 5.75 Å². The molecule has 0 spiro atoms. The van der Waals surface area contributed by atoms with Crippen LogP contribution < -0.4 is 10.6 Å². The van der Waals surface area contributed by atoms with Crippen molar-refractivity contribution in [2.24, 2.45) is 0 Å². The lowest BCUT2D eigenvalue weighted by Gasteiger charge is -2.16. The molecule has 126 valence electrons. The molecule has 0 aliphatic carbocycles. The van der Waals surface area contributed by atoms with Crippen molar-refractivity contribution in [1.82, 2.24) is 5.32 Å². The number of anilines is 1. The lowest BCUT2D eigenvalue weighted by atomic mass is 10.1. The highest BCUT2D eigenvalue weighted by molar-refractivity contribution is 6.40. The van der Waals surface area contributed by atoms with E-state index in [0.717, 1.165) is 5.56 Å². The minimum absolute atomic E-state index is 0.0336. The summed E-state index contributed by atoms with van der Waals surface area (Å²) in [6.07, 6.45) is 0.388. The predicted octanol–water partition coefficient (Wildman–Crippen LogP) is 1.70. The molecule has 1 atom stereocenters. The lowest BCUT2D eigenvalue weighted by molar-refractivity contribution is -0.136. The Morgan fingerprint density at radius 3 is 2.46 bits per heavy atom. The van der Waals surface area contributed by atoms with Crippen LogP contribution in [0.15, 0.2) is 48.5 Å². The van der Waals surface area contributed by atoms with Crippen LogP contribution in [0.3, 0.4) is 0 Å². The first-order valence-electron chi connectivity index (χ1n) is 7.24. The maximum absolute atomic E-state index is 12.0. The van der Waals surface area contributed by atoms with Gasteiger partial charge < -0.3 is 20.8 Å². The summed E-state index contributed by atoms with van der Waals surface area (Å²) in [5.74, 6) is -2.08. The SMILES string of the molecule is O=C(Nc1cc(Cl)ccc1O)C(=O)N[C@H](CO)Cc1ccccc1. The highest BCUT2D eigenvalue weighted by Crippen LogP contribution is 2.26. The second-order valence-electron chi connectivity index (χ2n) is 5.16. The molecule has 0 aliphatic rings. The fraction of sp³-hybridized carbons (Fsp3) is 0.176. The normalized spacial score (nSPS) is 11.6. The quantitative estimate of drug-likeness (QED) is 0.488. The Kier molecular flexibility index (Phi) is 6.17. The molecule has 2 aromatic rings. The summed E-state index contributed by atoms with van der Waals surface area (Å²) in [6, 6.07) is 12.8. The smallest absolute Gasteiger partial charge is 0.313 e. The van der Waals surface area contributed by atoms with Crippen molar-refractivity contribution in [2.45, 2.75) is 12.5 Å². The minimum atomic E-state index is -0.959. The highest BCUT2D eigenvalue weighted by Gasteiger charge is 2.19. The molecule has 0 radical (unpaired) electrons. The molecule has 0 aliphatic heterocycles. The third-order valence-corrected chi connectivity index (χ3v) is 3.53. The number of hydrogen-bond donors (Lipinski definition) is 4. The number of phenolic OH excluding ortho intramolecular Hbond substituents is 1. The summed E-state index contributed by atoms with van der Waals surface area (Å²) in [4.78, 5) is 23.9. The molecule has 0 saturated heterocycles. The van der Waals surface area contributed by atoms with Crippen LogP contribution in [-0.4, -0.2) is 34.7 Å². The standard InChI is InChI=1S/C17H17ClN2O4/c18-12-6-7-15(22)14(9-12)20-17(24)16(23)19-13(10-21)8-11-4-2-1-3-5-11/h1-7,9,13,21-22H,8,10H2,(H,19,23)(H,20,24)/t13-/m0/s1. The topological polar surface area (TPSA) is 98.7 Å². The van der Waals surface area contributed by atoms with Crippen molar-refractivity contribution >= 4 is 29.1 Å². The fourth-order valence-electron chi connectivity index (χ4n) is 2.10. The number of phenols is 1. The van der Waals surface area contributed by atoms with E-state index < -0.39 is 17.9 Å². The van der Waals surface area contributed by atoms with Crippen LogP contribution in [0.4, 0.5) is 5.69 Å². The number of aliphatic hydroxyl groups excluding tert-OH is 1. The van der Waals surface area contributed by atoms with Crippen molar-refractivity contribution in [2.75, 3.05) is 11.9 Å². The van der Waals surface area contributed by atoms with Gasteiger partial charge in [-0.15, -0.1) is 0 Å². The van der Waals surface area contributed by atoms with E-state index in [0.29, 0.717) is 11.4 Å². The van der Waals surface area contributed by atoms with Gasteiger partial charge in [0.1, 0.15) is 5.75 Å². The number of nitrogens with one attached hydrogen (secondary N) is 2. The first-order valence-corrected chi connectivity index (χ1v) is 7.62. The zero-order valence-corrected chi connectivity index (χ0v) is 13.5. The van der Waals surface area contributed by atoms with Crippen LogP contribution >= 0.6 is 11.6 Å². The Labute approximate surface area is 144 Å². The molecule has 2 amide bonds. The van der Waals surface area contributed by atoms with E-state index in [2.05, 4.69) is 10.6 Å². The van der Waals surface area contributed by atoms with Gasteiger partial charge in [0.15, 0.2) is 0 Å². The molecule has 24 heavy (non-hydrogen) atoms. The molecule has 6 nitrogen and oxygen atoms in total. The third-order valence-electron chi connectivity index (χ3n) is 3.29. The van der Waals surface area contributed by atoms with Crippen LogP contribution in [0.1, 0.15) is 5.56 Å². The number of aliphatic hydroxyl groups is 1. The van der Waals surface area contributed by atoms with E-state index >= 15 is 0 Å². The fourth-order valence-corrected chi connectivity index (χ4v) is 2.27. The van der Waals surface area contributed by atoms with E-state index in [-0.39, 0.29) is 18.0 Å². The number of amides is 2. The van der Waals surface area contributed by atoms with Gasteiger partial charge in [0.05, 0.1) is 18.3 Å². The number of carbonyl (C=O) groups excluding carboxylic acids is 2. The summed E-state index contributed by atoms with van der Waals surface area (Å²) in [7, 11) is 0. The van der Waals surface area contributed by atoms with Gasteiger partial charge in [-0.25, -0.2) is 0 Å². The van der Waals surface area contributed by atoms with Gasteiger partial charge in [-0.05, 0) is 30.2 Å². The second kappa shape index (κ2) is 8.33. The molecule has 0 fully saturated rings. The summed E-state index contributed by atoms with van der Waals surface area (Å²) in [5, 5.41) is 24.1. The van der Waals surface area contributed by atoms with Crippen LogP contribution in [0.5, 0.6) is 5.75 Å². The van der Waals surface area contributed by atoms with Crippen molar-refractivity contribution in [1.29, 1.82) is 0 Å². The van der Waals surface area contributed by atoms with Crippen molar-refractivity contribution in [3.05, 3.63) is 59.1 Å². The van der Waals surface area contributed by atoms with Gasteiger partial charge in [-0.1, -0.05) is 41.9 Å². The molecule has 0 saturated carbocycles. The third kappa shape index (κ3) is 4.97. The molecule has 0 aromatic heterocycles.